The number of carbonyl (C=O) groups is 2. The second-order valence-electron chi connectivity index (χ2n) is 11.2. The van der Waals surface area contributed by atoms with Gasteiger partial charge in [0.1, 0.15) is 21.3 Å². The van der Waals surface area contributed by atoms with E-state index in [4.69, 9.17) is 8.37 Å². The molecule has 0 bridgehead atoms. The van der Waals surface area contributed by atoms with Crippen LogP contribution in [0.4, 0.5) is 21.0 Å². The monoisotopic (exact) mass is 714 g/mol. The van der Waals surface area contributed by atoms with Crippen molar-refractivity contribution in [3.8, 4) is 11.5 Å². The Morgan fingerprint density at radius 2 is 0.880 bits per heavy atom. The van der Waals surface area contributed by atoms with Crippen molar-refractivity contribution in [1.29, 1.82) is 0 Å². The lowest BCUT2D eigenvalue weighted by Crippen LogP contribution is -2.28. The molecule has 0 aliphatic rings. The molecule has 0 aliphatic heterocycles. The van der Waals surface area contributed by atoms with Crippen molar-refractivity contribution in [2.75, 3.05) is 10.6 Å². The zero-order valence-electron chi connectivity index (χ0n) is 27.0. The lowest BCUT2D eigenvalue weighted by atomic mass is 10.1. The van der Waals surface area contributed by atoms with Crippen LogP contribution >= 0.6 is 0 Å². The molecule has 258 valence electrons. The summed E-state index contributed by atoms with van der Waals surface area (Å²) in [5, 5.41) is 10.8. The smallest absolute Gasteiger partial charge is 0.339 e. The Hall–Kier alpha value is -5.86. The molecule has 5 aromatic rings. The fourth-order valence-electron chi connectivity index (χ4n) is 4.45. The number of aryl methyl sites for hydroxylation is 2. The zero-order valence-corrected chi connectivity index (χ0v) is 28.7. The summed E-state index contributed by atoms with van der Waals surface area (Å²) in [5.41, 5.74) is 4.88. The molecule has 0 aliphatic carbocycles. The van der Waals surface area contributed by atoms with Crippen molar-refractivity contribution in [1.82, 2.24) is 10.6 Å². The zero-order chi connectivity index (χ0) is 35.7. The minimum Gasteiger partial charge on any atom is -0.379 e. The van der Waals surface area contributed by atoms with Crippen LogP contribution in [0.2, 0.25) is 0 Å². The van der Waals surface area contributed by atoms with Gasteiger partial charge in [0, 0.05) is 24.5 Å². The van der Waals surface area contributed by atoms with Crippen LogP contribution in [-0.2, 0) is 33.3 Å². The maximum absolute atomic E-state index is 13.0. The number of amides is 4. The van der Waals surface area contributed by atoms with Crippen LogP contribution < -0.4 is 29.6 Å². The van der Waals surface area contributed by atoms with Gasteiger partial charge in [-0.2, -0.15) is 16.8 Å². The Kier molecular flexibility index (Phi) is 11.0. The van der Waals surface area contributed by atoms with Crippen LogP contribution in [0.5, 0.6) is 11.5 Å². The second kappa shape index (κ2) is 15.6. The first-order chi connectivity index (χ1) is 23.8. The number of rotatable bonds is 12. The summed E-state index contributed by atoms with van der Waals surface area (Å²) in [7, 11) is -8.91. The molecular weight excluding hydrogens is 681 g/mol. The molecule has 0 aromatic heterocycles. The van der Waals surface area contributed by atoms with Crippen LogP contribution in [-0.4, -0.2) is 28.9 Å². The minimum atomic E-state index is -4.45. The molecule has 0 fully saturated rings. The van der Waals surface area contributed by atoms with E-state index in [1.807, 2.05) is 62.4 Å². The normalized spacial score (nSPS) is 11.2. The van der Waals surface area contributed by atoms with E-state index in [1.165, 1.54) is 66.7 Å². The number of anilines is 2. The van der Waals surface area contributed by atoms with Gasteiger partial charge < -0.3 is 29.6 Å². The molecule has 5 rings (SSSR count). The fourth-order valence-corrected chi connectivity index (χ4v) is 6.48. The summed E-state index contributed by atoms with van der Waals surface area (Å²) in [4.78, 5) is 23.7. The van der Waals surface area contributed by atoms with E-state index in [1.54, 1.807) is 0 Å². The summed E-state index contributed by atoms with van der Waals surface area (Å²) in [6, 6.07) is 30.3. The van der Waals surface area contributed by atoms with Crippen LogP contribution in [0.15, 0.2) is 131 Å². The highest BCUT2D eigenvalue weighted by atomic mass is 32.2. The van der Waals surface area contributed by atoms with Gasteiger partial charge in [-0.05, 0) is 91.7 Å². The highest BCUT2D eigenvalue weighted by Gasteiger charge is 2.23. The lowest BCUT2D eigenvalue weighted by molar-refractivity contribution is 0.251. The number of urea groups is 2. The largest absolute Gasteiger partial charge is 0.379 e. The van der Waals surface area contributed by atoms with E-state index >= 15 is 0 Å². The summed E-state index contributed by atoms with van der Waals surface area (Å²) in [5.74, 6) is -0.115. The molecule has 50 heavy (non-hydrogen) atoms. The quantitative estimate of drug-likeness (QED) is 0.106. The number of hydrogen-bond acceptors (Lipinski definition) is 8. The van der Waals surface area contributed by atoms with Crippen molar-refractivity contribution < 1.29 is 34.8 Å². The third-order valence-electron chi connectivity index (χ3n) is 7.17. The lowest BCUT2D eigenvalue weighted by Gasteiger charge is -2.11. The van der Waals surface area contributed by atoms with Gasteiger partial charge in [0.15, 0.2) is 0 Å². The van der Waals surface area contributed by atoms with Gasteiger partial charge in [0.05, 0.1) is 0 Å². The Morgan fingerprint density at radius 3 is 1.24 bits per heavy atom. The minimum absolute atomic E-state index is 0.0577. The summed E-state index contributed by atoms with van der Waals surface area (Å²) in [6.45, 7) is 4.59. The first-order valence-corrected chi connectivity index (χ1v) is 18.1. The van der Waals surface area contributed by atoms with Gasteiger partial charge in [-0.1, -0.05) is 65.7 Å². The molecule has 0 saturated heterocycles. The molecule has 12 nitrogen and oxygen atoms in total. The number of carbonyl (C=O) groups excluding carboxylic acids is 2. The summed E-state index contributed by atoms with van der Waals surface area (Å²) < 4.78 is 62.5. The van der Waals surface area contributed by atoms with Gasteiger partial charge in [-0.25, -0.2) is 9.59 Å². The van der Waals surface area contributed by atoms with E-state index in [9.17, 15) is 26.4 Å². The molecule has 4 amide bonds. The highest BCUT2D eigenvalue weighted by Crippen LogP contribution is 2.25. The number of hydrogen-bond donors (Lipinski definition) is 4. The average Bonchev–Trinajstić information content (AvgIpc) is 3.09. The van der Waals surface area contributed by atoms with Gasteiger partial charge in [-0.15, -0.1) is 0 Å². The molecule has 0 unspecified atom stereocenters. The predicted octanol–water partition coefficient (Wildman–Crippen LogP) is 6.48. The maximum Gasteiger partial charge on any atom is 0.339 e. The summed E-state index contributed by atoms with van der Waals surface area (Å²) >= 11 is 0. The molecule has 4 N–H and O–H groups in total. The number of nitrogens with one attached hydrogen (secondary N) is 4. The summed E-state index contributed by atoms with van der Waals surface area (Å²) in [6.07, 6.45) is 0. The standard InChI is InChI=1S/C36H34N4O8S2/c1-25-6-10-27(11-7-25)23-37-35(41)39-29-14-18-31(19-15-29)47-49(43,44)33-4-3-5-34(22-33)50(45,46)48-32-20-16-30(17-21-32)40-36(42)38-24-28-12-8-26(2)9-13-28/h3-22H,23-24H2,1-2H3,(H2,37,39,41)(H2,38,40,42). The molecule has 0 radical (unpaired) electrons. The van der Waals surface area contributed by atoms with Gasteiger partial charge in [-0.3, -0.25) is 0 Å². The van der Waals surface area contributed by atoms with E-state index < -0.39 is 42.1 Å². The Labute approximate surface area is 290 Å². The molecule has 5 aromatic carbocycles. The SMILES string of the molecule is Cc1ccc(CNC(=O)Nc2ccc(OS(=O)(=O)c3cccc(S(=O)(=O)Oc4ccc(NC(=O)NCc5ccc(C)cc5)cc4)c3)cc2)cc1. The van der Waals surface area contributed by atoms with Gasteiger partial charge in [0.25, 0.3) is 0 Å². The third kappa shape index (κ3) is 10.1. The molecule has 0 saturated carbocycles. The predicted molar refractivity (Wildman–Crippen MR) is 189 cm³/mol. The van der Waals surface area contributed by atoms with Crippen molar-refractivity contribution in [3.63, 3.8) is 0 Å². The fraction of sp³-hybridized carbons (Fsp3) is 0.111. The van der Waals surface area contributed by atoms with Crippen molar-refractivity contribution in [3.05, 3.63) is 144 Å². The Balaban J connectivity index is 1.14. The van der Waals surface area contributed by atoms with Gasteiger partial charge >= 0.3 is 32.3 Å². The first kappa shape index (κ1) is 35.4. The van der Waals surface area contributed by atoms with Crippen molar-refractivity contribution in [2.24, 2.45) is 0 Å². The van der Waals surface area contributed by atoms with E-state index in [-0.39, 0.29) is 11.5 Å². The first-order valence-electron chi connectivity index (χ1n) is 15.2. The Bertz CT molecular complexity index is 2020. The van der Waals surface area contributed by atoms with E-state index in [0.717, 1.165) is 28.3 Å². The van der Waals surface area contributed by atoms with Crippen molar-refractivity contribution in [2.45, 2.75) is 36.7 Å². The third-order valence-corrected chi connectivity index (χ3v) is 9.65. The van der Waals surface area contributed by atoms with Crippen LogP contribution in [0.3, 0.4) is 0 Å². The maximum atomic E-state index is 13.0. The molecular formula is C36H34N4O8S2. The van der Waals surface area contributed by atoms with E-state index in [2.05, 4.69) is 21.3 Å². The molecule has 0 atom stereocenters. The van der Waals surface area contributed by atoms with E-state index in [0.29, 0.717) is 24.5 Å². The second-order valence-corrected chi connectivity index (χ2v) is 14.3. The van der Waals surface area contributed by atoms with Crippen LogP contribution in [0, 0.1) is 13.8 Å². The molecule has 0 spiro atoms. The van der Waals surface area contributed by atoms with Crippen LogP contribution in [0.1, 0.15) is 22.3 Å². The average molecular weight is 715 g/mol. The molecule has 14 heteroatoms. The number of benzene rings is 5. The van der Waals surface area contributed by atoms with Gasteiger partial charge in [0.2, 0.25) is 0 Å². The molecule has 0 heterocycles. The highest BCUT2D eigenvalue weighted by molar-refractivity contribution is 7.88. The van der Waals surface area contributed by atoms with Crippen LogP contribution in [0.25, 0.3) is 0 Å². The topological polar surface area (TPSA) is 169 Å². The van der Waals surface area contributed by atoms with Crippen molar-refractivity contribution >= 4 is 43.7 Å². The Morgan fingerprint density at radius 1 is 0.520 bits per heavy atom.